The SMILES string of the molecule is COC(=O)C1COCCN1c1cc(Cl)c(F)cc1[N+](=O)[O-]. The van der Waals surface area contributed by atoms with E-state index in [1.165, 1.54) is 12.0 Å². The summed E-state index contributed by atoms with van der Waals surface area (Å²) in [6.07, 6.45) is 0. The Bertz CT molecular complexity index is 583. The van der Waals surface area contributed by atoms with Crippen LogP contribution >= 0.6 is 11.6 Å². The summed E-state index contributed by atoms with van der Waals surface area (Å²) < 4.78 is 23.3. The fourth-order valence-electron chi connectivity index (χ4n) is 2.13. The molecule has 1 aromatic rings. The summed E-state index contributed by atoms with van der Waals surface area (Å²) in [5.74, 6) is -1.49. The minimum Gasteiger partial charge on any atom is -0.467 e. The molecule has 1 fully saturated rings. The van der Waals surface area contributed by atoms with E-state index in [1.807, 2.05) is 0 Å². The first-order valence-corrected chi connectivity index (χ1v) is 6.39. The largest absolute Gasteiger partial charge is 0.467 e. The molecule has 1 heterocycles. The zero-order valence-corrected chi connectivity index (χ0v) is 11.8. The average Bonchev–Trinajstić information content (AvgIpc) is 2.48. The first-order chi connectivity index (χ1) is 9.95. The number of carbonyl (C=O) groups excluding carboxylic acids is 1. The highest BCUT2D eigenvalue weighted by molar-refractivity contribution is 6.31. The first-order valence-electron chi connectivity index (χ1n) is 6.01. The van der Waals surface area contributed by atoms with Crippen molar-refractivity contribution in [1.29, 1.82) is 0 Å². The number of methoxy groups -OCH3 is 1. The number of hydrogen-bond donors (Lipinski definition) is 0. The van der Waals surface area contributed by atoms with Crippen LogP contribution in [0.25, 0.3) is 0 Å². The monoisotopic (exact) mass is 318 g/mol. The zero-order chi connectivity index (χ0) is 15.6. The molecule has 0 aromatic heterocycles. The number of rotatable bonds is 3. The smallest absolute Gasteiger partial charge is 0.330 e. The van der Waals surface area contributed by atoms with Crippen LogP contribution in [0.2, 0.25) is 5.02 Å². The van der Waals surface area contributed by atoms with E-state index in [0.717, 1.165) is 12.1 Å². The molecule has 1 atom stereocenters. The van der Waals surface area contributed by atoms with Crippen LogP contribution < -0.4 is 4.90 Å². The standard InChI is InChI=1S/C12H12ClFN2O5/c1-20-12(17)11-6-21-3-2-15(11)9-4-7(13)8(14)5-10(9)16(18)19/h4-5,11H,2-3,6H2,1H3. The van der Waals surface area contributed by atoms with Gasteiger partial charge in [-0.2, -0.15) is 0 Å². The third-order valence-corrected chi connectivity index (χ3v) is 3.41. The number of carbonyl (C=O) groups is 1. The molecular formula is C12H12ClFN2O5. The van der Waals surface area contributed by atoms with E-state index in [2.05, 4.69) is 4.74 Å². The lowest BCUT2D eigenvalue weighted by atomic mass is 10.1. The van der Waals surface area contributed by atoms with E-state index in [1.54, 1.807) is 0 Å². The van der Waals surface area contributed by atoms with Crippen LogP contribution in [0.3, 0.4) is 0 Å². The molecule has 0 spiro atoms. The fraction of sp³-hybridized carbons (Fsp3) is 0.417. The van der Waals surface area contributed by atoms with Crippen molar-refractivity contribution >= 4 is 28.9 Å². The fourth-order valence-corrected chi connectivity index (χ4v) is 2.28. The molecule has 0 radical (unpaired) electrons. The molecule has 2 rings (SSSR count). The van der Waals surface area contributed by atoms with E-state index in [4.69, 9.17) is 16.3 Å². The minimum absolute atomic E-state index is 0.0266. The highest BCUT2D eigenvalue weighted by atomic mass is 35.5. The molecule has 9 heteroatoms. The second kappa shape index (κ2) is 6.23. The maximum absolute atomic E-state index is 13.4. The van der Waals surface area contributed by atoms with Gasteiger partial charge in [0.2, 0.25) is 0 Å². The highest BCUT2D eigenvalue weighted by Gasteiger charge is 2.34. The summed E-state index contributed by atoms with van der Waals surface area (Å²) in [7, 11) is 1.21. The first kappa shape index (κ1) is 15.5. The topological polar surface area (TPSA) is 81.9 Å². The van der Waals surface area contributed by atoms with Crippen molar-refractivity contribution in [2.24, 2.45) is 0 Å². The Labute approximate surface area is 124 Å². The molecule has 1 saturated heterocycles. The van der Waals surface area contributed by atoms with E-state index in [9.17, 15) is 19.3 Å². The molecule has 114 valence electrons. The van der Waals surface area contributed by atoms with Crippen molar-refractivity contribution < 1.29 is 23.6 Å². The number of nitro groups is 1. The minimum atomic E-state index is -0.894. The lowest BCUT2D eigenvalue weighted by molar-refractivity contribution is -0.384. The van der Waals surface area contributed by atoms with E-state index >= 15 is 0 Å². The molecule has 1 aliphatic rings. The second-order valence-electron chi connectivity index (χ2n) is 4.32. The lowest BCUT2D eigenvalue weighted by Gasteiger charge is -2.35. The Kier molecular flexibility index (Phi) is 4.59. The number of morpholine rings is 1. The Hall–Kier alpha value is -1.93. The molecule has 0 saturated carbocycles. The second-order valence-corrected chi connectivity index (χ2v) is 4.73. The molecule has 7 nitrogen and oxygen atoms in total. The molecule has 1 aliphatic heterocycles. The molecule has 0 aliphatic carbocycles. The van der Waals surface area contributed by atoms with Crippen molar-refractivity contribution in [2.45, 2.75) is 6.04 Å². The maximum atomic E-state index is 13.4. The predicted octanol–water partition coefficient (Wildman–Crippen LogP) is 1.77. The zero-order valence-electron chi connectivity index (χ0n) is 11.0. The lowest BCUT2D eigenvalue weighted by Crippen LogP contribution is -2.50. The number of nitro benzene ring substituents is 1. The van der Waals surface area contributed by atoms with Gasteiger partial charge < -0.3 is 14.4 Å². The Morgan fingerprint density at radius 3 is 2.95 bits per heavy atom. The number of benzene rings is 1. The average molecular weight is 319 g/mol. The molecule has 1 aromatic carbocycles. The Morgan fingerprint density at radius 2 is 2.33 bits per heavy atom. The molecule has 0 amide bonds. The van der Waals surface area contributed by atoms with Crippen LogP contribution in [-0.2, 0) is 14.3 Å². The van der Waals surface area contributed by atoms with Gasteiger partial charge in [-0.15, -0.1) is 0 Å². The molecule has 21 heavy (non-hydrogen) atoms. The van der Waals surface area contributed by atoms with Crippen LogP contribution in [0.1, 0.15) is 0 Å². The summed E-state index contributed by atoms with van der Waals surface area (Å²) >= 11 is 5.70. The number of halogens is 2. The third kappa shape index (κ3) is 3.06. The van der Waals surface area contributed by atoms with Gasteiger partial charge in [-0.25, -0.2) is 9.18 Å². The van der Waals surface area contributed by atoms with Gasteiger partial charge in [-0.05, 0) is 6.07 Å². The predicted molar refractivity (Wildman–Crippen MR) is 72.0 cm³/mol. The van der Waals surface area contributed by atoms with Crippen LogP contribution in [0.15, 0.2) is 12.1 Å². The van der Waals surface area contributed by atoms with Crippen LogP contribution in [0.5, 0.6) is 0 Å². The van der Waals surface area contributed by atoms with E-state index in [-0.39, 0.29) is 30.5 Å². The number of ether oxygens (including phenoxy) is 2. The van der Waals surface area contributed by atoms with Crippen molar-refractivity contribution in [1.82, 2.24) is 0 Å². The van der Waals surface area contributed by atoms with Gasteiger partial charge >= 0.3 is 5.97 Å². The Morgan fingerprint density at radius 1 is 1.62 bits per heavy atom. The van der Waals surface area contributed by atoms with Crippen molar-refractivity contribution in [3.05, 3.63) is 33.1 Å². The summed E-state index contributed by atoms with van der Waals surface area (Å²) in [6.45, 7) is 0.529. The van der Waals surface area contributed by atoms with Gasteiger partial charge in [0, 0.05) is 6.54 Å². The molecular weight excluding hydrogens is 307 g/mol. The summed E-state index contributed by atoms with van der Waals surface area (Å²) in [5, 5.41) is 10.8. The molecule has 0 bridgehead atoms. The van der Waals surface area contributed by atoms with Gasteiger partial charge in [0.15, 0.2) is 6.04 Å². The Balaban J connectivity index is 2.49. The summed E-state index contributed by atoms with van der Waals surface area (Å²) in [5.41, 5.74) is -0.405. The van der Waals surface area contributed by atoms with Gasteiger partial charge in [-0.1, -0.05) is 11.6 Å². The van der Waals surface area contributed by atoms with Crippen LogP contribution in [-0.4, -0.2) is 43.8 Å². The van der Waals surface area contributed by atoms with Crippen molar-refractivity contribution in [2.75, 3.05) is 31.8 Å². The van der Waals surface area contributed by atoms with Crippen LogP contribution in [0, 0.1) is 15.9 Å². The van der Waals surface area contributed by atoms with Gasteiger partial charge in [0.1, 0.15) is 11.5 Å². The highest BCUT2D eigenvalue weighted by Crippen LogP contribution is 2.35. The van der Waals surface area contributed by atoms with E-state index in [0.29, 0.717) is 0 Å². The van der Waals surface area contributed by atoms with E-state index < -0.39 is 28.4 Å². The number of nitrogens with zero attached hydrogens (tertiary/aromatic N) is 2. The maximum Gasteiger partial charge on any atom is 0.330 e. The normalized spacial score (nSPS) is 18.4. The quantitative estimate of drug-likeness (QED) is 0.480. The van der Waals surface area contributed by atoms with Crippen molar-refractivity contribution in [3.63, 3.8) is 0 Å². The molecule has 0 N–H and O–H groups in total. The van der Waals surface area contributed by atoms with Gasteiger partial charge in [0.25, 0.3) is 5.69 Å². The van der Waals surface area contributed by atoms with Crippen LogP contribution in [0.4, 0.5) is 15.8 Å². The van der Waals surface area contributed by atoms with Crippen molar-refractivity contribution in [3.8, 4) is 0 Å². The number of anilines is 1. The molecule has 1 unspecified atom stereocenters. The number of hydrogen-bond acceptors (Lipinski definition) is 6. The van der Waals surface area contributed by atoms with Gasteiger partial charge in [0.05, 0.1) is 36.3 Å². The van der Waals surface area contributed by atoms with Gasteiger partial charge in [-0.3, -0.25) is 10.1 Å². The number of esters is 1. The summed E-state index contributed by atoms with van der Waals surface area (Å²) in [6, 6.07) is 1.03. The summed E-state index contributed by atoms with van der Waals surface area (Å²) in [4.78, 5) is 23.6. The third-order valence-electron chi connectivity index (χ3n) is 3.13.